The molecule has 0 unspecified atom stereocenters. The number of nitrogens with zero attached hydrogens (tertiary/aromatic N) is 2. The van der Waals surface area contributed by atoms with Crippen molar-refractivity contribution in [3.05, 3.63) is 29.6 Å². The molecule has 1 aromatic carbocycles. The number of likely N-dealkylation sites (N-methyl/N-ethyl adjacent to an activating group) is 1. The van der Waals surface area contributed by atoms with Crippen molar-refractivity contribution in [3.63, 3.8) is 0 Å². The van der Waals surface area contributed by atoms with Crippen molar-refractivity contribution in [3.8, 4) is 0 Å². The number of nitrogens with one attached hydrogen (secondary N) is 2. The van der Waals surface area contributed by atoms with Crippen LogP contribution in [0.1, 0.15) is 29.6 Å². The van der Waals surface area contributed by atoms with Gasteiger partial charge < -0.3 is 15.1 Å². The predicted molar refractivity (Wildman–Crippen MR) is 101 cm³/mol. The van der Waals surface area contributed by atoms with Crippen LogP contribution in [0.25, 0.3) is 0 Å². The zero-order valence-corrected chi connectivity index (χ0v) is 16.4. The zero-order valence-electron chi connectivity index (χ0n) is 15.6. The molecular formula is C18H27FN4O3S. The normalized spacial score (nSPS) is 19.2. The molecule has 0 bridgehead atoms. The van der Waals surface area contributed by atoms with Crippen LogP contribution in [0.5, 0.6) is 0 Å². The minimum absolute atomic E-state index is 0.124. The quantitative estimate of drug-likeness (QED) is 0.628. The second kappa shape index (κ2) is 8.64. The maximum Gasteiger partial charge on any atom is 0.251 e. The van der Waals surface area contributed by atoms with Gasteiger partial charge in [0.25, 0.3) is 5.91 Å². The monoisotopic (exact) mass is 398 g/mol. The maximum absolute atomic E-state index is 14.0. The Labute approximate surface area is 160 Å². The molecule has 1 amide bonds. The van der Waals surface area contributed by atoms with E-state index in [-0.39, 0.29) is 11.6 Å². The molecule has 1 aromatic rings. The van der Waals surface area contributed by atoms with Crippen LogP contribution >= 0.6 is 0 Å². The number of halogens is 1. The number of hydrogen-bond acceptors (Lipinski definition) is 5. The standard InChI is InChI=1S/C18H27FN4O3S/c1-22-9-11-23(12-10-22)8-2-7-20-18(24)14-3-6-16(19)17(13-14)27(25,26)21-15-4-5-15/h3,6,13,15,21H,2,4-5,7-12H2,1H3,(H,20,24). The fraction of sp³-hybridized carbons (Fsp3) is 0.611. The molecule has 0 atom stereocenters. The number of sulfonamides is 1. The van der Waals surface area contributed by atoms with E-state index in [1.807, 2.05) is 0 Å². The maximum atomic E-state index is 14.0. The summed E-state index contributed by atoms with van der Waals surface area (Å²) in [5.41, 5.74) is 0.146. The van der Waals surface area contributed by atoms with Crippen molar-refractivity contribution in [2.45, 2.75) is 30.2 Å². The van der Waals surface area contributed by atoms with Crippen LogP contribution in [0.15, 0.2) is 23.1 Å². The van der Waals surface area contributed by atoms with Gasteiger partial charge in [0.2, 0.25) is 10.0 Å². The Morgan fingerprint density at radius 1 is 1.22 bits per heavy atom. The Hall–Kier alpha value is -1.55. The summed E-state index contributed by atoms with van der Waals surface area (Å²) in [5, 5.41) is 2.78. The summed E-state index contributed by atoms with van der Waals surface area (Å²) in [6, 6.07) is 3.32. The van der Waals surface area contributed by atoms with Gasteiger partial charge in [-0.2, -0.15) is 0 Å². The van der Waals surface area contributed by atoms with Crippen molar-refractivity contribution >= 4 is 15.9 Å². The van der Waals surface area contributed by atoms with Crippen LogP contribution in [0.4, 0.5) is 4.39 Å². The van der Waals surface area contributed by atoms with Crippen LogP contribution < -0.4 is 10.0 Å². The van der Waals surface area contributed by atoms with Gasteiger partial charge in [0, 0.05) is 44.3 Å². The van der Waals surface area contributed by atoms with Gasteiger partial charge in [0.15, 0.2) is 0 Å². The van der Waals surface area contributed by atoms with Crippen molar-refractivity contribution in [2.75, 3.05) is 46.3 Å². The predicted octanol–water partition coefficient (Wildman–Crippen LogP) is 0.634. The minimum Gasteiger partial charge on any atom is -0.352 e. The number of benzene rings is 1. The first-order chi connectivity index (χ1) is 12.8. The minimum atomic E-state index is -3.94. The Balaban J connectivity index is 1.51. The lowest BCUT2D eigenvalue weighted by Crippen LogP contribution is -2.45. The van der Waals surface area contributed by atoms with E-state index in [9.17, 15) is 17.6 Å². The third-order valence-corrected chi connectivity index (χ3v) is 6.45. The molecule has 9 heteroatoms. The molecule has 3 rings (SSSR count). The first kappa shape index (κ1) is 20.2. The van der Waals surface area contributed by atoms with E-state index >= 15 is 0 Å². The first-order valence-corrected chi connectivity index (χ1v) is 10.8. The molecule has 1 saturated carbocycles. The highest BCUT2D eigenvalue weighted by Gasteiger charge is 2.30. The van der Waals surface area contributed by atoms with Gasteiger partial charge >= 0.3 is 0 Å². The van der Waals surface area contributed by atoms with Crippen LogP contribution in [0.3, 0.4) is 0 Å². The van der Waals surface area contributed by atoms with E-state index in [0.717, 1.165) is 64.1 Å². The lowest BCUT2D eigenvalue weighted by Gasteiger charge is -2.32. The van der Waals surface area contributed by atoms with Crippen LogP contribution in [-0.4, -0.2) is 76.5 Å². The molecule has 27 heavy (non-hydrogen) atoms. The number of hydrogen-bond donors (Lipinski definition) is 2. The van der Waals surface area contributed by atoms with Crippen LogP contribution in [-0.2, 0) is 10.0 Å². The first-order valence-electron chi connectivity index (χ1n) is 9.36. The summed E-state index contributed by atoms with van der Waals surface area (Å²) in [6.45, 7) is 5.55. The molecule has 0 radical (unpaired) electrons. The van der Waals surface area contributed by atoms with Crippen LogP contribution in [0.2, 0.25) is 0 Å². The molecule has 0 aromatic heterocycles. The molecule has 1 aliphatic carbocycles. The molecule has 2 N–H and O–H groups in total. The third kappa shape index (κ3) is 5.71. The van der Waals surface area contributed by atoms with Crippen molar-refractivity contribution in [1.82, 2.24) is 19.8 Å². The highest BCUT2D eigenvalue weighted by molar-refractivity contribution is 7.89. The van der Waals surface area contributed by atoms with Gasteiger partial charge in [-0.25, -0.2) is 17.5 Å². The lowest BCUT2D eigenvalue weighted by atomic mass is 10.2. The molecule has 150 valence electrons. The van der Waals surface area contributed by atoms with E-state index < -0.39 is 26.6 Å². The number of carbonyl (C=O) groups is 1. The van der Waals surface area contributed by atoms with E-state index in [1.54, 1.807) is 0 Å². The summed E-state index contributed by atoms with van der Waals surface area (Å²) in [6.07, 6.45) is 2.33. The Kier molecular flexibility index (Phi) is 6.46. The Bertz CT molecular complexity index is 775. The second-order valence-corrected chi connectivity index (χ2v) is 8.98. The van der Waals surface area contributed by atoms with Crippen molar-refractivity contribution in [1.29, 1.82) is 0 Å². The Morgan fingerprint density at radius 2 is 1.93 bits per heavy atom. The summed E-state index contributed by atoms with van der Waals surface area (Å²) in [7, 11) is -1.84. The van der Waals surface area contributed by atoms with Gasteiger partial charge in [0.05, 0.1) is 0 Å². The molecule has 0 spiro atoms. The van der Waals surface area contributed by atoms with Gasteiger partial charge in [0.1, 0.15) is 10.7 Å². The van der Waals surface area contributed by atoms with Gasteiger partial charge in [-0.1, -0.05) is 0 Å². The number of piperazine rings is 1. The average molecular weight is 399 g/mol. The summed E-state index contributed by atoms with van der Waals surface area (Å²) in [5.74, 6) is -1.24. The molecule has 1 aliphatic heterocycles. The smallest absolute Gasteiger partial charge is 0.251 e. The fourth-order valence-corrected chi connectivity index (χ4v) is 4.42. The highest BCUT2D eigenvalue weighted by atomic mass is 32.2. The van der Waals surface area contributed by atoms with E-state index in [4.69, 9.17) is 0 Å². The van der Waals surface area contributed by atoms with Crippen molar-refractivity contribution in [2.24, 2.45) is 0 Å². The topological polar surface area (TPSA) is 81.8 Å². The third-order valence-electron chi connectivity index (χ3n) is 4.91. The van der Waals surface area contributed by atoms with E-state index in [0.29, 0.717) is 6.54 Å². The number of amides is 1. The summed E-state index contributed by atoms with van der Waals surface area (Å²) >= 11 is 0. The molecular weight excluding hydrogens is 371 g/mol. The second-order valence-electron chi connectivity index (χ2n) is 7.30. The molecule has 1 saturated heterocycles. The fourth-order valence-electron chi connectivity index (χ4n) is 3.01. The highest BCUT2D eigenvalue weighted by Crippen LogP contribution is 2.24. The van der Waals surface area contributed by atoms with Gasteiger partial charge in [-0.05, 0) is 51.1 Å². The summed E-state index contributed by atoms with van der Waals surface area (Å²) < 4.78 is 40.9. The Morgan fingerprint density at radius 3 is 2.59 bits per heavy atom. The lowest BCUT2D eigenvalue weighted by molar-refractivity contribution is 0.0949. The van der Waals surface area contributed by atoms with Gasteiger partial charge in [-0.3, -0.25) is 4.79 Å². The molecule has 2 aliphatic rings. The van der Waals surface area contributed by atoms with Gasteiger partial charge in [-0.15, -0.1) is 0 Å². The number of rotatable bonds is 8. The van der Waals surface area contributed by atoms with E-state index in [1.165, 1.54) is 6.07 Å². The largest absolute Gasteiger partial charge is 0.352 e. The molecule has 1 heterocycles. The molecule has 7 nitrogen and oxygen atoms in total. The number of carbonyl (C=O) groups excluding carboxylic acids is 1. The average Bonchev–Trinajstić information content (AvgIpc) is 3.43. The van der Waals surface area contributed by atoms with Crippen molar-refractivity contribution < 1.29 is 17.6 Å². The SMILES string of the molecule is CN1CCN(CCCNC(=O)c2ccc(F)c(S(=O)(=O)NC3CC3)c2)CC1. The zero-order chi connectivity index (χ0) is 19.4. The molecule has 2 fully saturated rings. The van der Waals surface area contributed by atoms with Crippen LogP contribution in [0, 0.1) is 5.82 Å². The van der Waals surface area contributed by atoms with E-state index in [2.05, 4.69) is 26.9 Å². The summed E-state index contributed by atoms with van der Waals surface area (Å²) in [4.78, 5) is 16.5.